The molecule has 5 heteroatoms. The van der Waals surface area contributed by atoms with E-state index in [9.17, 15) is 8.42 Å². The average Bonchev–Trinajstić information content (AvgIpc) is 2.12. The highest BCUT2D eigenvalue weighted by atomic mass is 32.2. The van der Waals surface area contributed by atoms with E-state index >= 15 is 0 Å². The van der Waals surface area contributed by atoms with Crippen LogP contribution in [0.5, 0.6) is 0 Å². The van der Waals surface area contributed by atoms with Gasteiger partial charge in [0.2, 0.25) is 10.0 Å². The van der Waals surface area contributed by atoms with E-state index in [0.29, 0.717) is 5.69 Å². The fraction of sp³-hybridized carbons (Fsp3) is 0.400. The second kappa shape index (κ2) is 4.63. The van der Waals surface area contributed by atoms with Gasteiger partial charge in [-0.3, -0.25) is 4.72 Å². The molecule has 3 N–H and O–H groups in total. The number of hydrogen-bond donors (Lipinski definition) is 2. The Morgan fingerprint density at radius 2 is 2.00 bits per heavy atom. The Kier molecular flexibility index (Phi) is 3.71. The lowest BCUT2D eigenvalue weighted by Gasteiger charge is -2.11. The fourth-order valence-corrected chi connectivity index (χ4v) is 2.20. The second-order valence-electron chi connectivity index (χ2n) is 3.46. The minimum atomic E-state index is -3.30. The number of hydrogen-bond acceptors (Lipinski definition) is 3. The fourth-order valence-electron chi connectivity index (χ4n) is 1.24. The number of nitrogens with two attached hydrogens (primary N) is 1. The van der Waals surface area contributed by atoms with E-state index in [1.807, 2.05) is 26.0 Å². The first kappa shape index (κ1) is 12.0. The summed E-state index contributed by atoms with van der Waals surface area (Å²) < 4.78 is 25.5. The second-order valence-corrected chi connectivity index (χ2v) is 5.30. The quantitative estimate of drug-likeness (QED) is 0.807. The van der Waals surface area contributed by atoms with Gasteiger partial charge in [-0.15, -0.1) is 0 Å². The molecular formula is C10H16N2O2S. The lowest BCUT2D eigenvalue weighted by atomic mass is 10.1. The highest BCUT2D eigenvalue weighted by molar-refractivity contribution is 7.92. The first-order chi connectivity index (χ1) is 6.96. The minimum Gasteiger partial charge on any atom is -0.329 e. The monoisotopic (exact) mass is 228 g/mol. The molecule has 15 heavy (non-hydrogen) atoms. The molecule has 1 rings (SSSR count). The van der Waals surface area contributed by atoms with E-state index in [4.69, 9.17) is 5.73 Å². The highest BCUT2D eigenvalue weighted by Crippen LogP contribution is 2.18. The lowest BCUT2D eigenvalue weighted by Crippen LogP contribution is -2.22. The van der Waals surface area contributed by atoms with Crippen molar-refractivity contribution < 1.29 is 8.42 Å². The van der Waals surface area contributed by atoms with E-state index in [2.05, 4.69) is 4.72 Å². The molecule has 0 saturated heterocycles. The van der Waals surface area contributed by atoms with Crippen LogP contribution in [0.2, 0.25) is 0 Å². The third kappa shape index (κ3) is 3.21. The molecule has 0 aromatic heterocycles. The van der Waals surface area contributed by atoms with Gasteiger partial charge in [-0.05, 0) is 31.0 Å². The smallest absolute Gasteiger partial charge is 0.233 e. The molecule has 4 nitrogen and oxygen atoms in total. The summed E-state index contributed by atoms with van der Waals surface area (Å²) in [6.45, 7) is 3.95. The van der Waals surface area contributed by atoms with Gasteiger partial charge in [0.15, 0.2) is 0 Å². The normalized spacial score (nSPS) is 11.4. The van der Waals surface area contributed by atoms with E-state index in [0.717, 1.165) is 11.1 Å². The van der Waals surface area contributed by atoms with Crippen molar-refractivity contribution in [3.05, 3.63) is 29.3 Å². The summed E-state index contributed by atoms with van der Waals surface area (Å²) in [6, 6.07) is 5.51. The maximum atomic E-state index is 11.5. The van der Waals surface area contributed by atoms with Gasteiger partial charge in [-0.2, -0.15) is 0 Å². The molecule has 0 atom stereocenters. The van der Waals surface area contributed by atoms with E-state index in [1.54, 1.807) is 6.07 Å². The van der Waals surface area contributed by atoms with Crippen LogP contribution in [0.25, 0.3) is 0 Å². The summed E-state index contributed by atoms with van der Waals surface area (Å²) in [4.78, 5) is 0. The van der Waals surface area contributed by atoms with Crippen LogP contribution in [0.15, 0.2) is 18.2 Å². The summed E-state index contributed by atoms with van der Waals surface area (Å²) in [5.74, 6) is -0.0552. The predicted molar refractivity (Wildman–Crippen MR) is 62.4 cm³/mol. The van der Waals surface area contributed by atoms with Crippen molar-refractivity contribution in [3.8, 4) is 0 Å². The SMILES string of the molecule is Cc1cccc(NS(=O)(=O)CCN)c1C. The van der Waals surface area contributed by atoms with Crippen LogP contribution in [0.1, 0.15) is 11.1 Å². The molecule has 0 aliphatic rings. The zero-order valence-electron chi connectivity index (χ0n) is 8.95. The van der Waals surface area contributed by atoms with E-state index in [-0.39, 0.29) is 12.3 Å². The van der Waals surface area contributed by atoms with Crippen LogP contribution in [0.3, 0.4) is 0 Å². The first-order valence-corrected chi connectivity index (χ1v) is 6.38. The molecule has 0 aliphatic carbocycles. The maximum absolute atomic E-state index is 11.5. The van der Waals surface area contributed by atoms with Gasteiger partial charge < -0.3 is 5.73 Å². The van der Waals surface area contributed by atoms with Gasteiger partial charge in [0, 0.05) is 6.54 Å². The minimum absolute atomic E-state index is 0.0552. The Hall–Kier alpha value is -1.07. The van der Waals surface area contributed by atoms with Crippen LogP contribution in [0.4, 0.5) is 5.69 Å². The number of aryl methyl sites for hydroxylation is 1. The van der Waals surface area contributed by atoms with Gasteiger partial charge in [0.25, 0.3) is 0 Å². The molecule has 0 spiro atoms. The van der Waals surface area contributed by atoms with Crippen molar-refractivity contribution in [2.45, 2.75) is 13.8 Å². The van der Waals surface area contributed by atoms with Crippen molar-refractivity contribution in [2.75, 3.05) is 17.0 Å². The van der Waals surface area contributed by atoms with Gasteiger partial charge in [0.05, 0.1) is 11.4 Å². The number of nitrogens with one attached hydrogen (secondary N) is 1. The zero-order valence-corrected chi connectivity index (χ0v) is 9.76. The van der Waals surface area contributed by atoms with Crippen molar-refractivity contribution in [2.24, 2.45) is 5.73 Å². The number of sulfonamides is 1. The van der Waals surface area contributed by atoms with Gasteiger partial charge in [-0.25, -0.2) is 8.42 Å². The number of anilines is 1. The largest absolute Gasteiger partial charge is 0.329 e. The molecule has 0 aliphatic heterocycles. The topological polar surface area (TPSA) is 72.2 Å². The molecule has 84 valence electrons. The summed E-state index contributed by atoms with van der Waals surface area (Å²) in [6.07, 6.45) is 0. The van der Waals surface area contributed by atoms with Crippen LogP contribution in [0, 0.1) is 13.8 Å². The van der Waals surface area contributed by atoms with E-state index < -0.39 is 10.0 Å². The van der Waals surface area contributed by atoms with Crippen molar-refractivity contribution in [1.29, 1.82) is 0 Å². The Labute approximate surface area is 90.5 Å². The Morgan fingerprint density at radius 3 is 2.60 bits per heavy atom. The van der Waals surface area contributed by atoms with Crippen LogP contribution >= 0.6 is 0 Å². The van der Waals surface area contributed by atoms with Gasteiger partial charge in [-0.1, -0.05) is 12.1 Å². The Morgan fingerprint density at radius 1 is 1.33 bits per heavy atom. The summed E-state index contributed by atoms with van der Waals surface area (Å²) in [5.41, 5.74) is 7.85. The summed E-state index contributed by atoms with van der Waals surface area (Å²) in [7, 11) is -3.30. The summed E-state index contributed by atoms with van der Waals surface area (Å²) in [5, 5.41) is 0. The zero-order chi connectivity index (χ0) is 11.5. The third-order valence-corrected chi connectivity index (χ3v) is 3.56. The molecule has 0 unspecified atom stereocenters. The molecule has 0 radical (unpaired) electrons. The molecule has 0 saturated carbocycles. The molecule has 0 heterocycles. The van der Waals surface area contributed by atoms with Crippen molar-refractivity contribution >= 4 is 15.7 Å². The van der Waals surface area contributed by atoms with Crippen LogP contribution in [-0.4, -0.2) is 20.7 Å². The van der Waals surface area contributed by atoms with Gasteiger partial charge >= 0.3 is 0 Å². The highest BCUT2D eigenvalue weighted by Gasteiger charge is 2.10. The number of rotatable bonds is 4. The molecule has 0 fully saturated rings. The van der Waals surface area contributed by atoms with Crippen molar-refractivity contribution in [1.82, 2.24) is 0 Å². The van der Waals surface area contributed by atoms with Gasteiger partial charge in [0.1, 0.15) is 0 Å². The standard InChI is InChI=1S/C10H16N2O2S/c1-8-4-3-5-10(9(8)2)12-15(13,14)7-6-11/h3-5,12H,6-7,11H2,1-2H3. The molecule has 0 amide bonds. The first-order valence-electron chi connectivity index (χ1n) is 4.73. The Balaban J connectivity index is 2.95. The lowest BCUT2D eigenvalue weighted by molar-refractivity contribution is 0.601. The molecule has 1 aromatic rings. The van der Waals surface area contributed by atoms with Crippen molar-refractivity contribution in [3.63, 3.8) is 0 Å². The summed E-state index contributed by atoms with van der Waals surface area (Å²) >= 11 is 0. The Bertz CT molecular complexity index is 441. The van der Waals surface area contributed by atoms with Crippen LogP contribution < -0.4 is 10.5 Å². The predicted octanol–water partition coefficient (Wildman–Crippen LogP) is 1.00. The third-order valence-electron chi connectivity index (χ3n) is 2.26. The van der Waals surface area contributed by atoms with E-state index in [1.165, 1.54) is 0 Å². The maximum Gasteiger partial charge on any atom is 0.233 e. The molecular weight excluding hydrogens is 212 g/mol. The molecule has 1 aromatic carbocycles. The number of benzene rings is 1. The van der Waals surface area contributed by atoms with Crippen LogP contribution in [-0.2, 0) is 10.0 Å². The average molecular weight is 228 g/mol. The molecule has 0 bridgehead atoms.